The molecule has 0 aliphatic carbocycles. The summed E-state index contributed by atoms with van der Waals surface area (Å²) in [5.74, 6) is 1.69. The predicted octanol–water partition coefficient (Wildman–Crippen LogP) is 2.07. The number of rotatable bonds is 3. The molecule has 1 aliphatic heterocycles. The van der Waals surface area contributed by atoms with Gasteiger partial charge in [-0.15, -0.1) is 0 Å². The molecule has 0 aromatic carbocycles. The first kappa shape index (κ1) is 12.4. The van der Waals surface area contributed by atoms with E-state index in [0.717, 1.165) is 36.5 Å². The van der Waals surface area contributed by atoms with E-state index in [1.807, 2.05) is 24.9 Å². The van der Waals surface area contributed by atoms with Crippen molar-refractivity contribution >= 4 is 16.9 Å². The van der Waals surface area contributed by atoms with Gasteiger partial charge in [0.2, 0.25) is 0 Å². The van der Waals surface area contributed by atoms with Crippen molar-refractivity contribution < 1.29 is 0 Å². The lowest BCUT2D eigenvalue weighted by Crippen LogP contribution is -2.37. The number of imidazole rings is 1. The van der Waals surface area contributed by atoms with Crippen LogP contribution in [0.2, 0.25) is 0 Å². The van der Waals surface area contributed by atoms with Crippen LogP contribution < -0.4 is 4.90 Å². The zero-order valence-electron chi connectivity index (χ0n) is 11.8. The topological polar surface area (TPSA) is 62.6 Å². The Morgan fingerprint density at radius 1 is 1.33 bits per heavy atom. The van der Waals surface area contributed by atoms with Gasteiger partial charge in [-0.2, -0.15) is 0 Å². The van der Waals surface area contributed by atoms with E-state index in [1.165, 1.54) is 12.8 Å². The number of fused-ring (bicyclic) bond motifs is 1. The lowest BCUT2D eigenvalue weighted by atomic mass is 9.98. The standard InChI is InChI=1S/C15H18N6/c1-2-12(8-20-7-5-16-11-20)9-21(6-1)15-13-3-4-17-14(13)18-10-19-15/h3-5,7,10-12H,1-2,6,8-9H2,(H,17,18,19)/t12-/m1/s1. The Hall–Kier alpha value is -2.37. The highest BCUT2D eigenvalue weighted by molar-refractivity contribution is 5.87. The van der Waals surface area contributed by atoms with E-state index in [1.54, 1.807) is 6.33 Å². The monoisotopic (exact) mass is 282 g/mol. The van der Waals surface area contributed by atoms with Crippen molar-refractivity contribution in [2.45, 2.75) is 19.4 Å². The van der Waals surface area contributed by atoms with Crippen molar-refractivity contribution in [3.05, 3.63) is 37.3 Å². The highest BCUT2D eigenvalue weighted by Crippen LogP contribution is 2.27. The molecular formula is C15H18N6. The molecule has 4 heterocycles. The van der Waals surface area contributed by atoms with Gasteiger partial charge in [-0.3, -0.25) is 0 Å². The second kappa shape index (κ2) is 5.20. The van der Waals surface area contributed by atoms with E-state index in [4.69, 9.17) is 0 Å². The molecule has 0 unspecified atom stereocenters. The minimum atomic E-state index is 0.636. The summed E-state index contributed by atoms with van der Waals surface area (Å²) in [5.41, 5.74) is 0.914. The maximum Gasteiger partial charge on any atom is 0.142 e. The quantitative estimate of drug-likeness (QED) is 0.799. The van der Waals surface area contributed by atoms with Gasteiger partial charge in [-0.25, -0.2) is 15.0 Å². The van der Waals surface area contributed by atoms with Crippen LogP contribution in [-0.2, 0) is 6.54 Å². The van der Waals surface area contributed by atoms with Gasteiger partial charge in [0.15, 0.2) is 0 Å². The Balaban J connectivity index is 1.56. The van der Waals surface area contributed by atoms with Gasteiger partial charge in [-0.1, -0.05) is 0 Å². The van der Waals surface area contributed by atoms with Gasteiger partial charge < -0.3 is 14.5 Å². The summed E-state index contributed by atoms with van der Waals surface area (Å²) in [6.45, 7) is 3.13. The first-order valence-corrected chi connectivity index (χ1v) is 7.39. The molecule has 108 valence electrons. The van der Waals surface area contributed by atoms with E-state index in [0.29, 0.717) is 5.92 Å². The summed E-state index contributed by atoms with van der Waals surface area (Å²) in [6, 6.07) is 2.06. The van der Waals surface area contributed by atoms with Crippen molar-refractivity contribution in [1.29, 1.82) is 0 Å². The first-order chi connectivity index (χ1) is 10.4. The minimum Gasteiger partial charge on any atom is -0.356 e. The number of nitrogens with zero attached hydrogens (tertiary/aromatic N) is 5. The molecule has 0 spiro atoms. The fraction of sp³-hybridized carbons (Fsp3) is 0.400. The number of aromatic nitrogens is 5. The smallest absolute Gasteiger partial charge is 0.142 e. The average molecular weight is 282 g/mol. The van der Waals surface area contributed by atoms with Crippen molar-refractivity contribution in [3.8, 4) is 0 Å². The highest BCUT2D eigenvalue weighted by Gasteiger charge is 2.22. The number of nitrogens with one attached hydrogen (secondary N) is 1. The molecule has 1 saturated heterocycles. The summed E-state index contributed by atoms with van der Waals surface area (Å²) in [4.78, 5) is 18.5. The zero-order chi connectivity index (χ0) is 14.1. The summed E-state index contributed by atoms with van der Waals surface area (Å²) in [6.07, 6.45) is 11.8. The van der Waals surface area contributed by atoms with Gasteiger partial charge in [-0.05, 0) is 24.8 Å². The summed E-state index contributed by atoms with van der Waals surface area (Å²) < 4.78 is 2.17. The Morgan fingerprint density at radius 3 is 3.24 bits per heavy atom. The van der Waals surface area contributed by atoms with Crippen LogP contribution in [-0.4, -0.2) is 37.6 Å². The maximum atomic E-state index is 4.51. The summed E-state index contributed by atoms with van der Waals surface area (Å²) in [5, 5.41) is 1.11. The highest BCUT2D eigenvalue weighted by atomic mass is 15.2. The summed E-state index contributed by atoms with van der Waals surface area (Å²) >= 11 is 0. The lowest BCUT2D eigenvalue weighted by molar-refractivity contribution is 0.365. The number of anilines is 1. The molecule has 1 N–H and O–H groups in total. The number of hydrogen-bond acceptors (Lipinski definition) is 4. The summed E-state index contributed by atoms with van der Waals surface area (Å²) in [7, 11) is 0. The van der Waals surface area contributed by atoms with Crippen LogP contribution in [0.1, 0.15) is 12.8 Å². The van der Waals surface area contributed by atoms with Crippen LogP contribution in [0, 0.1) is 5.92 Å². The van der Waals surface area contributed by atoms with Crippen molar-refractivity contribution in [2.75, 3.05) is 18.0 Å². The molecule has 21 heavy (non-hydrogen) atoms. The molecule has 6 heteroatoms. The van der Waals surface area contributed by atoms with E-state index >= 15 is 0 Å². The fourth-order valence-electron chi connectivity index (χ4n) is 3.21. The second-order valence-electron chi connectivity index (χ2n) is 5.65. The molecule has 3 aromatic rings. The Morgan fingerprint density at radius 2 is 2.33 bits per heavy atom. The van der Waals surface area contributed by atoms with Crippen molar-refractivity contribution in [1.82, 2.24) is 24.5 Å². The normalized spacial score (nSPS) is 19.2. The molecular weight excluding hydrogens is 264 g/mol. The van der Waals surface area contributed by atoms with Crippen LogP contribution in [0.3, 0.4) is 0 Å². The van der Waals surface area contributed by atoms with E-state index in [2.05, 4.69) is 35.5 Å². The molecule has 1 aliphatic rings. The molecule has 0 saturated carbocycles. The van der Waals surface area contributed by atoms with Crippen LogP contribution in [0.4, 0.5) is 5.82 Å². The predicted molar refractivity (Wildman–Crippen MR) is 81.1 cm³/mol. The molecule has 6 nitrogen and oxygen atoms in total. The molecule has 3 aromatic heterocycles. The minimum absolute atomic E-state index is 0.636. The fourth-order valence-corrected chi connectivity index (χ4v) is 3.21. The second-order valence-corrected chi connectivity index (χ2v) is 5.65. The maximum absolute atomic E-state index is 4.51. The van der Waals surface area contributed by atoms with E-state index < -0.39 is 0 Å². The average Bonchev–Trinajstić information content (AvgIpc) is 3.18. The number of aromatic amines is 1. The lowest BCUT2D eigenvalue weighted by Gasteiger charge is -2.34. The molecule has 0 bridgehead atoms. The molecule has 1 fully saturated rings. The molecule has 0 amide bonds. The molecule has 1 atom stereocenters. The Kier molecular flexibility index (Phi) is 3.06. The zero-order valence-corrected chi connectivity index (χ0v) is 11.8. The van der Waals surface area contributed by atoms with Gasteiger partial charge in [0.25, 0.3) is 0 Å². The third-order valence-electron chi connectivity index (χ3n) is 4.18. The Bertz CT molecular complexity index is 717. The van der Waals surface area contributed by atoms with Gasteiger partial charge in [0.1, 0.15) is 17.8 Å². The van der Waals surface area contributed by atoms with Crippen LogP contribution in [0.15, 0.2) is 37.3 Å². The number of H-pyrrole nitrogens is 1. The van der Waals surface area contributed by atoms with Gasteiger partial charge in [0.05, 0.1) is 11.7 Å². The Labute approximate surface area is 122 Å². The van der Waals surface area contributed by atoms with E-state index in [-0.39, 0.29) is 0 Å². The largest absolute Gasteiger partial charge is 0.356 e. The molecule has 4 rings (SSSR count). The van der Waals surface area contributed by atoms with Gasteiger partial charge in [0, 0.05) is 38.2 Å². The van der Waals surface area contributed by atoms with Crippen LogP contribution in [0.5, 0.6) is 0 Å². The third-order valence-corrected chi connectivity index (χ3v) is 4.18. The van der Waals surface area contributed by atoms with Crippen LogP contribution in [0.25, 0.3) is 11.0 Å². The van der Waals surface area contributed by atoms with Crippen molar-refractivity contribution in [2.24, 2.45) is 5.92 Å². The number of hydrogen-bond donors (Lipinski definition) is 1. The third kappa shape index (κ3) is 2.37. The van der Waals surface area contributed by atoms with Gasteiger partial charge >= 0.3 is 0 Å². The first-order valence-electron chi connectivity index (χ1n) is 7.39. The molecule has 0 radical (unpaired) electrons. The number of piperidine rings is 1. The SMILES string of the molecule is c1cn(C[C@H]2CCCN(c3ncnc4[nH]ccc34)C2)cn1. The van der Waals surface area contributed by atoms with E-state index in [9.17, 15) is 0 Å². The van der Waals surface area contributed by atoms with Crippen LogP contribution >= 0.6 is 0 Å². The van der Waals surface area contributed by atoms with Crippen molar-refractivity contribution in [3.63, 3.8) is 0 Å².